The number of carbonyl (C=O) groups excluding carboxylic acids is 1. The summed E-state index contributed by atoms with van der Waals surface area (Å²) in [6, 6.07) is 4.92. The van der Waals surface area contributed by atoms with E-state index in [1.54, 1.807) is 18.2 Å². The molecule has 25 heavy (non-hydrogen) atoms. The van der Waals surface area contributed by atoms with Crippen LogP contribution in [0.25, 0.3) is 0 Å². The van der Waals surface area contributed by atoms with Gasteiger partial charge >= 0.3 is 5.97 Å². The number of ether oxygens (including phenoxy) is 1. The van der Waals surface area contributed by atoms with Crippen LogP contribution in [0.2, 0.25) is 0 Å². The maximum Gasteiger partial charge on any atom is 0.335 e. The van der Waals surface area contributed by atoms with Gasteiger partial charge in [-0.2, -0.15) is 10.2 Å². The van der Waals surface area contributed by atoms with Crippen molar-refractivity contribution in [2.75, 3.05) is 13.2 Å². The van der Waals surface area contributed by atoms with E-state index < -0.39 is 17.7 Å². The van der Waals surface area contributed by atoms with Gasteiger partial charge < -0.3 is 15.2 Å². The number of rotatable bonds is 7. The molecule has 0 aromatic heterocycles. The molecule has 0 saturated carbocycles. The highest BCUT2D eigenvalue weighted by molar-refractivity contribution is 5.91. The first-order valence-electron chi connectivity index (χ1n) is 8.18. The molecule has 3 rings (SSSR count). The Labute approximate surface area is 145 Å². The van der Waals surface area contributed by atoms with E-state index in [0.717, 1.165) is 0 Å². The van der Waals surface area contributed by atoms with Crippen LogP contribution >= 0.6 is 0 Å². The van der Waals surface area contributed by atoms with Gasteiger partial charge in [0.2, 0.25) is 0 Å². The minimum absolute atomic E-state index is 0.224. The van der Waals surface area contributed by atoms with Gasteiger partial charge in [0, 0.05) is 25.8 Å². The van der Waals surface area contributed by atoms with E-state index in [4.69, 9.17) is 11.2 Å². The Morgan fingerprint density at radius 1 is 1.40 bits per heavy atom. The highest BCUT2D eigenvalue weighted by Crippen LogP contribution is 2.36. The highest BCUT2D eigenvalue weighted by atomic mass is 16.5. The second-order valence-corrected chi connectivity index (χ2v) is 6.11. The van der Waals surface area contributed by atoms with Crippen LogP contribution in [0.5, 0.6) is 0 Å². The fraction of sp³-hybridized carbons (Fsp3) is 0.444. The summed E-state index contributed by atoms with van der Waals surface area (Å²) < 4.78 is 5.59. The summed E-state index contributed by atoms with van der Waals surface area (Å²) in [6.07, 6.45) is 6.81. The van der Waals surface area contributed by atoms with E-state index in [2.05, 4.69) is 21.5 Å². The Kier molecular flexibility index (Phi) is 4.81. The number of aromatic carboxylic acids is 1. The zero-order valence-corrected chi connectivity index (χ0v) is 13.7. The molecule has 0 saturated heterocycles. The fourth-order valence-electron chi connectivity index (χ4n) is 3.06. The van der Waals surface area contributed by atoms with Gasteiger partial charge in [-0.05, 0) is 23.6 Å². The third-order valence-electron chi connectivity index (χ3n) is 4.48. The lowest BCUT2D eigenvalue weighted by Gasteiger charge is -2.26. The van der Waals surface area contributed by atoms with Crippen molar-refractivity contribution in [3.8, 4) is 12.3 Å². The lowest BCUT2D eigenvalue weighted by atomic mass is 9.92. The zero-order valence-electron chi connectivity index (χ0n) is 13.7. The maximum atomic E-state index is 12.5. The summed E-state index contributed by atoms with van der Waals surface area (Å²) in [4.78, 5) is 23.8. The van der Waals surface area contributed by atoms with Crippen molar-refractivity contribution in [2.24, 2.45) is 10.2 Å². The smallest absolute Gasteiger partial charge is 0.335 e. The monoisotopic (exact) mass is 341 g/mol. The molecule has 0 bridgehead atoms. The van der Waals surface area contributed by atoms with Crippen LogP contribution in [0, 0.1) is 12.3 Å². The van der Waals surface area contributed by atoms with Crippen molar-refractivity contribution in [1.29, 1.82) is 0 Å². The Balaban J connectivity index is 1.62. The molecule has 1 atom stereocenters. The SMILES string of the molecule is C#CCCC1(CCNC(=O)C2OCCc3c(C(=O)O)cccc32)N=N1. The number of carbonyl (C=O) groups is 2. The van der Waals surface area contributed by atoms with E-state index in [9.17, 15) is 14.7 Å². The van der Waals surface area contributed by atoms with E-state index in [0.29, 0.717) is 50.0 Å². The van der Waals surface area contributed by atoms with Gasteiger partial charge in [-0.15, -0.1) is 12.3 Å². The Morgan fingerprint density at radius 2 is 2.20 bits per heavy atom. The summed E-state index contributed by atoms with van der Waals surface area (Å²) in [6.45, 7) is 0.719. The van der Waals surface area contributed by atoms with Gasteiger partial charge in [0.15, 0.2) is 11.8 Å². The van der Waals surface area contributed by atoms with E-state index >= 15 is 0 Å². The predicted molar refractivity (Wildman–Crippen MR) is 89.1 cm³/mol. The first-order chi connectivity index (χ1) is 12.1. The van der Waals surface area contributed by atoms with Crippen molar-refractivity contribution in [3.05, 3.63) is 34.9 Å². The quantitative estimate of drug-likeness (QED) is 0.742. The summed E-state index contributed by atoms with van der Waals surface area (Å²) in [5.41, 5.74) is 1.06. The van der Waals surface area contributed by atoms with Crippen molar-refractivity contribution in [2.45, 2.75) is 37.5 Å². The molecule has 1 aromatic rings. The summed E-state index contributed by atoms with van der Waals surface area (Å²) in [5, 5.41) is 20.2. The number of carboxylic acids is 1. The molecular formula is C18H19N3O4. The molecule has 7 nitrogen and oxygen atoms in total. The number of amides is 1. The zero-order chi connectivity index (χ0) is 17.9. The number of nitrogens with zero attached hydrogens (tertiary/aromatic N) is 2. The fourth-order valence-corrected chi connectivity index (χ4v) is 3.06. The summed E-state index contributed by atoms with van der Waals surface area (Å²) in [7, 11) is 0. The van der Waals surface area contributed by atoms with Gasteiger partial charge in [-0.3, -0.25) is 4.79 Å². The van der Waals surface area contributed by atoms with E-state index in [1.807, 2.05) is 0 Å². The topological polar surface area (TPSA) is 100 Å². The Bertz CT molecular complexity index is 760. The van der Waals surface area contributed by atoms with Crippen LogP contribution in [-0.4, -0.2) is 35.8 Å². The molecule has 1 aromatic carbocycles. The van der Waals surface area contributed by atoms with Crippen molar-refractivity contribution < 1.29 is 19.4 Å². The van der Waals surface area contributed by atoms with Gasteiger partial charge in [-0.25, -0.2) is 4.79 Å². The van der Waals surface area contributed by atoms with E-state index in [1.165, 1.54) is 0 Å². The first kappa shape index (κ1) is 17.1. The van der Waals surface area contributed by atoms with Crippen molar-refractivity contribution >= 4 is 11.9 Å². The molecule has 2 heterocycles. The Morgan fingerprint density at radius 3 is 2.88 bits per heavy atom. The minimum atomic E-state index is -0.995. The lowest BCUT2D eigenvalue weighted by molar-refractivity contribution is -0.134. The molecular weight excluding hydrogens is 322 g/mol. The maximum absolute atomic E-state index is 12.5. The number of nitrogens with one attached hydrogen (secondary N) is 1. The van der Waals surface area contributed by atoms with Crippen molar-refractivity contribution in [3.63, 3.8) is 0 Å². The second kappa shape index (κ2) is 7.03. The second-order valence-electron chi connectivity index (χ2n) is 6.11. The molecule has 7 heteroatoms. The van der Waals surface area contributed by atoms with E-state index in [-0.39, 0.29) is 11.5 Å². The molecule has 0 aliphatic carbocycles. The average Bonchev–Trinajstić information content (AvgIpc) is 3.38. The molecule has 0 spiro atoms. The normalized spacial score (nSPS) is 19.6. The van der Waals surface area contributed by atoms with Crippen LogP contribution in [0.4, 0.5) is 0 Å². The average molecular weight is 341 g/mol. The van der Waals surface area contributed by atoms with Gasteiger partial charge in [-0.1, -0.05) is 12.1 Å². The number of fused-ring (bicyclic) bond motifs is 1. The predicted octanol–water partition coefficient (Wildman–Crippen LogP) is 2.08. The molecule has 130 valence electrons. The molecule has 2 N–H and O–H groups in total. The number of terminal acetylenes is 1. The van der Waals surface area contributed by atoms with Crippen LogP contribution in [-0.2, 0) is 16.0 Å². The number of hydrogen-bond donors (Lipinski definition) is 2. The summed E-state index contributed by atoms with van der Waals surface area (Å²) in [5.74, 6) is 1.29. The number of hydrogen-bond acceptors (Lipinski definition) is 5. The van der Waals surface area contributed by atoms with Gasteiger partial charge in [0.1, 0.15) is 0 Å². The van der Waals surface area contributed by atoms with Crippen LogP contribution in [0.1, 0.15) is 46.9 Å². The summed E-state index contributed by atoms with van der Waals surface area (Å²) >= 11 is 0. The minimum Gasteiger partial charge on any atom is -0.478 e. The van der Waals surface area contributed by atoms with Crippen LogP contribution in [0.3, 0.4) is 0 Å². The molecule has 1 unspecified atom stereocenters. The highest BCUT2D eigenvalue weighted by Gasteiger charge is 2.39. The molecule has 2 aliphatic heterocycles. The first-order valence-corrected chi connectivity index (χ1v) is 8.18. The Hall–Kier alpha value is -2.72. The standard InChI is InChI=1S/C18H19N3O4/c1-2-3-8-18(20-21-18)9-10-19-16(22)15-13-5-4-6-14(17(23)24)12(13)7-11-25-15/h1,4-6,15H,3,7-11H2,(H,19,22)(H,23,24). The third-order valence-corrected chi connectivity index (χ3v) is 4.48. The van der Waals surface area contributed by atoms with Gasteiger partial charge in [0.05, 0.1) is 12.2 Å². The van der Waals surface area contributed by atoms with Crippen molar-refractivity contribution in [1.82, 2.24) is 5.32 Å². The number of benzene rings is 1. The largest absolute Gasteiger partial charge is 0.478 e. The molecule has 1 amide bonds. The van der Waals surface area contributed by atoms with Crippen LogP contribution < -0.4 is 5.32 Å². The third kappa shape index (κ3) is 3.69. The molecule has 0 fully saturated rings. The number of carboxylic acid groups (broad SMARTS) is 1. The van der Waals surface area contributed by atoms with Gasteiger partial charge in [0.25, 0.3) is 5.91 Å². The van der Waals surface area contributed by atoms with Crippen LogP contribution in [0.15, 0.2) is 28.4 Å². The molecule has 0 radical (unpaired) electrons. The molecule has 2 aliphatic rings. The lowest BCUT2D eigenvalue weighted by Crippen LogP contribution is -2.36.